The monoisotopic (exact) mass is 279 g/mol. The fourth-order valence-electron chi connectivity index (χ4n) is 2.61. The summed E-state index contributed by atoms with van der Waals surface area (Å²) in [5.41, 5.74) is 9.19. The van der Waals surface area contributed by atoms with Gasteiger partial charge < -0.3 is 15.4 Å². The molecule has 0 atom stereocenters. The number of fused-ring (bicyclic) bond motifs is 1. The van der Waals surface area contributed by atoms with E-state index < -0.39 is 0 Å². The minimum Gasteiger partial charge on any atom is -0.491 e. The van der Waals surface area contributed by atoms with Crippen LogP contribution in [0, 0.1) is 11.3 Å². The van der Waals surface area contributed by atoms with Crippen LogP contribution < -0.4 is 15.4 Å². The van der Waals surface area contributed by atoms with Crippen LogP contribution in [0.2, 0.25) is 0 Å². The molecule has 0 aromatic heterocycles. The van der Waals surface area contributed by atoms with E-state index in [1.807, 2.05) is 42.5 Å². The fraction of sp³-hybridized carbons (Fsp3) is 0.235. The van der Waals surface area contributed by atoms with E-state index in [2.05, 4.69) is 11.0 Å². The number of benzene rings is 2. The van der Waals surface area contributed by atoms with Gasteiger partial charge in [-0.05, 0) is 36.2 Å². The Morgan fingerprint density at radius 3 is 2.86 bits per heavy atom. The van der Waals surface area contributed by atoms with Gasteiger partial charge in [0.05, 0.1) is 23.5 Å². The summed E-state index contributed by atoms with van der Waals surface area (Å²) >= 11 is 0. The van der Waals surface area contributed by atoms with E-state index in [1.54, 1.807) is 0 Å². The zero-order chi connectivity index (χ0) is 14.7. The summed E-state index contributed by atoms with van der Waals surface area (Å²) in [5, 5.41) is 9.44. The molecule has 0 radical (unpaired) electrons. The third-order valence-corrected chi connectivity index (χ3v) is 3.65. The molecule has 0 saturated carbocycles. The molecule has 4 nitrogen and oxygen atoms in total. The summed E-state index contributed by atoms with van der Waals surface area (Å²) in [7, 11) is 0. The maximum atomic E-state index is 9.44. The van der Waals surface area contributed by atoms with Crippen molar-refractivity contribution >= 4 is 11.4 Å². The van der Waals surface area contributed by atoms with Crippen LogP contribution in [0.4, 0.5) is 11.4 Å². The standard InChI is InChI=1S/C17H17N3O/c18-11-13-6-7-15(14(10-13)12-19)20-8-3-9-21-17-5-2-1-4-16(17)20/h1-2,4-7,10H,3,8-9,11,18H2. The van der Waals surface area contributed by atoms with Gasteiger partial charge in [-0.1, -0.05) is 18.2 Å². The lowest BCUT2D eigenvalue weighted by molar-refractivity contribution is 0.322. The van der Waals surface area contributed by atoms with Crippen molar-refractivity contribution in [2.45, 2.75) is 13.0 Å². The molecule has 0 unspecified atom stereocenters. The molecular formula is C17H17N3O. The van der Waals surface area contributed by atoms with Gasteiger partial charge in [0.25, 0.3) is 0 Å². The first-order valence-electron chi connectivity index (χ1n) is 7.06. The Labute approximate surface area is 124 Å². The van der Waals surface area contributed by atoms with Crippen molar-refractivity contribution < 1.29 is 4.74 Å². The number of ether oxygens (including phenoxy) is 1. The molecule has 2 aromatic rings. The second kappa shape index (κ2) is 5.86. The van der Waals surface area contributed by atoms with E-state index in [4.69, 9.17) is 10.5 Å². The molecule has 0 saturated heterocycles. The van der Waals surface area contributed by atoms with Crippen LogP contribution in [0.5, 0.6) is 5.75 Å². The van der Waals surface area contributed by atoms with Gasteiger partial charge in [-0.2, -0.15) is 5.26 Å². The first kappa shape index (κ1) is 13.5. The number of hydrogen-bond donors (Lipinski definition) is 1. The second-order valence-electron chi connectivity index (χ2n) is 4.99. The third-order valence-electron chi connectivity index (χ3n) is 3.65. The average Bonchev–Trinajstić information content (AvgIpc) is 2.76. The summed E-state index contributed by atoms with van der Waals surface area (Å²) in [4.78, 5) is 2.15. The van der Waals surface area contributed by atoms with Crippen LogP contribution in [0.15, 0.2) is 42.5 Å². The van der Waals surface area contributed by atoms with Crippen molar-refractivity contribution in [3.05, 3.63) is 53.6 Å². The van der Waals surface area contributed by atoms with E-state index in [0.29, 0.717) is 18.7 Å². The summed E-state index contributed by atoms with van der Waals surface area (Å²) in [5.74, 6) is 0.863. The van der Waals surface area contributed by atoms with Crippen molar-refractivity contribution in [3.8, 4) is 11.8 Å². The molecule has 1 aliphatic rings. The maximum absolute atomic E-state index is 9.44. The Bertz CT molecular complexity index is 691. The highest BCUT2D eigenvalue weighted by atomic mass is 16.5. The van der Waals surface area contributed by atoms with Crippen molar-refractivity contribution in [1.82, 2.24) is 0 Å². The van der Waals surface area contributed by atoms with Crippen molar-refractivity contribution in [1.29, 1.82) is 5.26 Å². The molecule has 3 rings (SSSR count). The molecule has 0 fully saturated rings. The number of para-hydroxylation sites is 2. The largest absolute Gasteiger partial charge is 0.491 e. The van der Waals surface area contributed by atoms with E-state index in [0.717, 1.165) is 35.7 Å². The summed E-state index contributed by atoms with van der Waals surface area (Å²) in [6.45, 7) is 1.96. The zero-order valence-corrected chi connectivity index (χ0v) is 11.7. The molecule has 1 heterocycles. The molecule has 106 valence electrons. The molecule has 0 amide bonds. The summed E-state index contributed by atoms with van der Waals surface area (Å²) in [6, 6.07) is 16.0. The van der Waals surface area contributed by atoms with Crippen molar-refractivity contribution in [3.63, 3.8) is 0 Å². The lowest BCUT2D eigenvalue weighted by atomic mass is 10.1. The molecule has 0 spiro atoms. The normalized spacial score (nSPS) is 13.8. The Hall–Kier alpha value is -2.51. The first-order chi connectivity index (χ1) is 10.3. The Morgan fingerprint density at radius 1 is 1.19 bits per heavy atom. The highest BCUT2D eigenvalue weighted by Crippen LogP contribution is 2.37. The van der Waals surface area contributed by atoms with E-state index in [9.17, 15) is 5.26 Å². The highest BCUT2D eigenvalue weighted by Gasteiger charge is 2.19. The van der Waals surface area contributed by atoms with Gasteiger partial charge in [-0.15, -0.1) is 0 Å². The Kier molecular flexibility index (Phi) is 3.76. The van der Waals surface area contributed by atoms with Gasteiger partial charge in [0.2, 0.25) is 0 Å². The molecular weight excluding hydrogens is 262 g/mol. The van der Waals surface area contributed by atoms with Crippen LogP contribution in [0.1, 0.15) is 17.5 Å². The molecule has 4 heteroatoms. The van der Waals surface area contributed by atoms with Gasteiger partial charge in [-0.25, -0.2) is 0 Å². The van der Waals surface area contributed by atoms with Crippen molar-refractivity contribution in [2.75, 3.05) is 18.1 Å². The van der Waals surface area contributed by atoms with Gasteiger partial charge in [-0.3, -0.25) is 0 Å². The highest BCUT2D eigenvalue weighted by molar-refractivity contribution is 5.74. The Balaban J connectivity index is 2.10. The minimum atomic E-state index is 0.439. The second-order valence-corrected chi connectivity index (χ2v) is 4.99. The molecule has 2 N–H and O–H groups in total. The predicted molar refractivity (Wildman–Crippen MR) is 82.6 cm³/mol. The number of nitriles is 1. The lowest BCUT2D eigenvalue weighted by Gasteiger charge is -2.25. The smallest absolute Gasteiger partial charge is 0.142 e. The maximum Gasteiger partial charge on any atom is 0.142 e. The van der Waals surface area contributed by atoms with Crippen LogP contribution >= 0.6 is 0 Å². The van der Waals surface area contributed by atoms with Gasteiger partial charge >= 0.3 is 0 Å². The number of nitrogens with two attached hydrogens (primary N) is 1. The Morgan fingerprint density at radius 2 is 2.05 bits per heavy atom. The molecule has 0 aliphatic carbocycles. The zero-order valence-electron chi connectivity index (χ0n) is 11.7. The lowest BCUT2D eigenvalue weighted by Crippen LogP contribution is -2.19. The quantitative estimate of drug-likeness (QED) is 0.918. The van der Waals surface area contributed by atoms with E-state index >= 15 is 0 Å². The number of rotatable bonds is 2. The molecule has 2 aromatic carbocycles. The van der Waals surface area contributed by atoms with Crippen molar-refractivity contribution in [2.24, 2.45) is 5.73 Å². The van der Waals surface area contributed by atoms with Crippen LogP contribution in [-0.2, 0) is 6.54 Å². The number of hydrogen-bond acceptors (Lipinski definition) is 4. The molecule has 0 bridgehead atoms. The van der Waals surface area contributed by atoms with Crippen LogP contribution in [0.25, 0.3) is 0 Å². The third kappa shape index (κ3) is 2.56. The van der Waals surface area contributed by atoms with Crippen LogP contribution in [-0.4, -0.2) is 13.2 Å². The van der Waals surface area contributed by atoms with E-state index in [-0.39, 0.29) is 0 Å². The average molecular weight is 279 g/mol. The van der Waals surface area contributed by atoms with E-state index in [1.165, 1.54) is 0 Å². The first-order valence-corrected chi connectivity index (χ1v) is 7.06. The molecule has 21 heavy (non-hydrogen) atoms. The molecule has 1 aliphatic heterocycles. The minimum absolute atomic E-state index is 0.439. The predicted octanol–water partition coefficient (Wildman–Crippen LogP) is 2.94. The summed E-state index contributed by atoms with van der Waals surface area (Å²) < 4.78 is 5.77. The number of nitrogens with zero attached hydrogens (tertiary/aromatic N) is 2. The fourth-order valence-corrected chi connectivity index (χ4v) is 2.61. The SMILES string of the molecule is N#Cc1cc(CN)ccc1N1CCCOc2ccccc21. The number of anilines is 2. The topological polar surface area (TPSA) is 62.3 Å². The van der Waals surface area contributed by atoms with Crippen LogP contribution in [0.3, 0.4) is 0 Å². The van der Waals surface area contributed by atoms with Gasteiger partial charge in [0, 0.05) is 13.1 Å². The van der Waals surface area contributed by atoms with Gasteiger partial charge in [0.15, 0.2) is 0 Å². The summed E-state index contributed by atoms with van der Waals surface area (Å²) in [6.07, 6.45) is 0.915. The van der Waals surface area contributed by atoms with Gasteiger partial charge in [0.1, 0.15) is 11.8 Å².